The van der Waals surface area contributed by atoms with Gasteiger partial charge in [0.05, 0.1) is 12.1 Å². The third kappa shape index (κ3) is 4.22. The predicted molar refractivity (Wildman–Crippen MR) is 97.8 cm³/mol. The Morgan fingerprint density at radius 1 is 1.35 bits per heavy atom. The molecule has 1 aromatic heterocycles. The minimum absolute atomic E-state index is 0.0479. The first-order valence-electron chi connectivity index (χ1n) is 8.55. The molecule has 0 aromatic carbocycles. The summed E-state index contributed by atoms with van der Waals surface area (Å²) in [6.45, 7) is 4.61. The number of nitrogens with one attached hydrogen (secondary N) is 2. The molecule has 0 atom stereocenters. The van der Waals surface area contributed by atoms with Gasteiger partial charge < -0.3 is 9.80 Å². The second kappa shape index (κ2) is 6.97. The molecule has 0 saturated carbocycles. The Bertz CT molecular complexity index is 790. The lowest BCUT2D eigenvalue weighted by molar-refractivity contribution is 0.217. The third-order valence-corrected chi connectivity index (χ3v) is 5.80. The van der Waals surface area contributed by atoms with Crippen molar-refractivity contribution in [3.8, 4) is 0 Å². The Hall–Kier alpha value is -1.98. The van der Waals surface area contributed by atoms with Gasteiger partial charge in [0, 0.05) is 26.7 Å². The van der Waals surface area contributed by atoms with Crippen molar-refractivity contribution in [2.45, 2.75) is 32.7 Å². The van der Waals surface area contributed by atoms with Crippen LogP contribution in [0.4, 0.5) is 16.4 Å². The molecular formula is C15H25N7O3S. The summed E-state index contributed by atoms with van der Waals surface area (Å²) in [4.78, 5) is 24.2. The normalized spacial score (nSPS) is 19.9. The Balaban J connectivity index is 1.66. The average Bonchev–Trinajstić information content (AvgIpc) is 2.55. The molecule has 3 heterocycles. The SMILES string of the molecule is CN1Cc2c(ncnc2N2CCC(C)(CCNS(N)(=O)=O)CC2)NC1=O. The first-order chi connectivity index (χ1) is 12.2. The maximum atomic E-state index is 11.8. The zero-order chi connectivity index (χ0) is 18.9. The van der Waals surface area contributed by atoms with Crippen LogP contribution >= 0.6 is 0 Å². The van der Waals surface area contributed by atoms with Crippen LogP contribution in [0.15, 0.2) is 6.33 Å². The van der Waals surface area contributed by atoms with Gasteiger partial charge in [-0.15, -0.1) is 0 Å². The number of carbonyl (C=O) groups excluding carboxylic acids is 1. The number of fused-ring (bicyclic) bond motifs is 1. The van der Waals surface area contributed by atoms with E-state index >= 15 is 0 Å². The van der Waals surface area contributed by atoms with Crippen LogP contribution < -0.4 is 20.1 Å². The van der Waals surface area contributed by atoms with Crippen LogP contribution in [0.1, 0.15) is 31.7 Å². The first-order valence-corrected chi connectivity index (χ1v) is 10.1. The Morgan fingerprint density at radius 3 is 2.69 bits per heavy atom. The number of rotatable bonds is 5. The Kier molecular flexibility index (Phi) is 5.04. The minimum atomic E-state index is -3.64. The van der Waals surface area contributed by atoms with Crippen molar-refractivity contribution in [3.63, 3.8) is 0 Å². The van der Waals surface area contributed by atoms with E-state index in [0.717, 1.165) is 43.7 Å². The molecular weight excluding hydrogens is 358 g/mol. The van der Waals surface area contributed by atoms with E-state index in [-0.39, 0.29) is 11.4 Å². The summed E-state index contributed by atoms with van der Waals surface area (Å²) in [6, 6.07) is -0.171. The molecule has 1 saturated heterocycles. The van der Waals surface area contributed by atoms with Crippen molar-refractivity contribution < 1.29 is 13.2 Å². The van der Waals surface area contributed by atoms with Gasteiger partial charge >= 0.3 is 6.03 Å². The van der Waals surface area contributed by atoms with E-state index in [9.17, 15) is 13.2 Å². The van der Waals surface area contributed by atoms with Crippen LogP contribution in [0.2, 0.25) is 0 Å². The number of anilines is 2. The van der Waals surface area contributed by atoms with Gasteiger partial charge in [-0.3, -0.25) is 5.32 Å². The molecule has 0 radical (unpaired) electrons. The number of amides is 2. The van der Waals surface area contributed by atoms with Crippen LogP contribution in [0.25, 0.3) is 0 Å². The molecule has 26 heavy (non-hydrogen) atoms. The smallest absolute Gasteiger partial charge is 0.323 e. The quantitative estimate of drug-likeness (QED) is 0.667. The summed E-state index contributed by atoms with van der Waals surface area (Å²) in [7, 11) is -1.91. The summed E-state index contributed by atoms with van der Waals surface area (Å²) in [5.74, 6) is 1.43. The lowest BCUT2D eigenvalue weighted by Crippen LogP contribution is -2.43. The fourth-order valence-electron chi connectivity index (χ4n) is 3.44. The van der Waals surface area contributed by atoms with E-state index in [1.807, 2.05) is 0 Å². The van der Waals surface area contributed by atoms with E-state index in [1.54, 1.807) is 11.9 Å². The summed E-state index contributed by atoms with van der Waals surface area (Å²) in [5, 5.41) is 7.76. The Labute approximate surface area is 153 Å². The highest BCUT2D eigenvalue weighted by molar-refractivity contribution is 7.87. The Morgan fingerprint density at radius 2 is 2.04 bits per heavy atom. The molecule has 11 heteroatoms. The fourth-order valence-corrected chi connectivity index (χ4v) is 3.82. The monoisotopic (exact) mass is 383 g/mol. The average molecular weight is 383 g/mol. The van der Waals surface area contributed by atoms with E-state index in [0.29, 0.717) is 18.9 Å². The largest absolute Gasteiger partial charge is 0.356 e. The van der Waals surface area contributed by atoms with Crippen molar-refractivity contribution in [2.24, 2.45) is 10.6 Å². The highest BCUT2D eigenvalue weighted by atomic mass is 32.2. The summed E-state index contributed by atoms with van der Waals surface area (Å²) in [5.41, 5.74) is 0.973. The van der Waals surface area contributed by atoms with E-state index in [1.165, 1.54) is 6.33 Å². The number of urea groups is 1. The standard InChI is InChI=1S/C15H25N7O3S/c1-15(3-6-19-26(16,24)25)4-7-22(8-5-15)13-11-9-21(2)14(23)20-12(11)17-10-18-13/h10,19H,3-9H2,1-2H3,(H2,16,24,25)(H,17,18,20,23). The topological polar surface area (TPSA) is 134 Å². The maximum absolute atomic E-state index is 11.8. The lowest BCUT2D eigenvalue weighted by Gasteiger charge is -2.41. The van der Waals surface area contributed by atoms with E-state index in [4.69, 9.17) is 5.14 Å². The molecule has 1 aromatic rings. The van der Waals surface area contributed by atoms with Gasteiger partial charge in [-0.25, -0.2) is 24.6 Å². The molecule has 0 unspecified atom stereocenters. The number of nitrogens with two attached hydrogens (primary N) is 1. The van der Waals surface area contributed by atoms with Crippen LogP contribution in [0.3, 0.4) is 0 Å². The molecule has 0 spiro atoms. The van der Waals surface area contributed by atoms with Crippen molar-refractivity contribution in [1.29, 1.82) is 0 Å². The van der Waals surface area contributed by atoms with Gasteiger partial charge in [-0.1, -0.05) is 6.92 Å². The number of aromatic nitrogens is 2. The van der Waals surface area contributed by atoms with Gasteiger partial charge in [-0.2, -0.15) is 8.42 Å². The first kappa shape index (κ1) is 18.8. The van der Waals surface area contributed by atoms with Crippen LogP contribution in [0.5, 0.6) is 0 Å². The summed E-state index contributed by atoms with van der Waals surface area (Å²) >= 11 is 0. The van der Waals surface area contributed by atoms with Gasteiger partial charge in [0.15, 0.2) is 0 Å². The molecule has 1 fully saturated rings. The number of hydrogen-bond donors (Lipinski definition) is 3. The van der Waals surface area contributed by atoms with Gasteiger partial charge in [0.1, 0.15) is 18.0 Å². The molecule has 2 amide bonds. The van der Waals surface area contributed by atoms with Gasteiger partial charge in [0.2, 0.25) is 0 Å². The zero-order valence-electron chi connectivity index (χ0n) is 15.0. The van der Waals surface area contributed by atoms with E-state index in [2.05, 4.69) is 31.8 Å². The fraction of sp³-hybridized carbons (Fsp3) is 0.667. The van der Waals surface area contributed by atoms with Crippen molar-refractivity contribution in [1.82, 2.24) is 19.6 Å². The number of carbonyl (C=O) groups is 1. The molecule has 2 aliphatic heterocycles. The number of piperidine rings is 1. The highest BCUT2D eigenvalue weighted by Crippen LogP contribution is 2.37. The second-order valence-corrected chi connectivity index (χ2v) is 8.68. The molecule has 4 N–H and O–H groups in total. The number of nitrogens with zero attached hydrogens (tertiary/aromatic N) is 4. The minimum Gasteiger partial charge on any atom is -0.356 e. The van der Waals surface area contributed by atoms with Gasteiger partial charge in [-0.05, 0) is 24.7 Å². The summed E-state index contributed by atoms with van der Waals surface area (Å²) < 4.78 is 24.4. The van der Waals surface area contributed by atoms with Crippen LogP contribution in [-0.4, -0.2) is 56.0 Å². The molecule has 10 nitrogen and oxygen atoms in total. The van der Waals surface area contributed by atoms with E-state index < -0.39 is 10.2 Å². The molecule has 144 valence electrons. The highest BCUT2D eigenvalue weighted by Gasteiger charge is 2.33. The van der Waals surface area contributed by atoms with Crippen molar-refractivity contribution in [3.05, 3.63) is 11.9 Å². The maximum Gasteiger partial charge on any atom is 0.323 e. The second-order valence-electron chi connectivity index (χ2n) is 7.30. The third-order valence-electron chi connectivity index (χ3n) is 5.19. The lowest BCUT2D eigenvalue weighted by atomic mass is 9.77. The zero-order valence-corrected chi connectivity index (χ0v) is 15.8. The van der Waals surface area contributed by atoms with Crippen molar-refractivity contribution >= 4 is 27.9 Å². The van der Waals surface area contributed by atoms with Crippen LogP contribution in [0, 0.1) is 5.41 Å². The molecule has 3 rings (SSSR count). The van der Waals surface area contributed by atoms with Gasteiger partial charge in [0.25, 0.3) is 10.2 Å². The van der Waals surface area contributed by atoms with Crippen LogP contribution in [-0.2, 0) is 16.8 Å². The predicted octanol–water partition coefficient (Wildman–Crippen LogP) is 0.244. The molecule has 2 aliphatic rings. The molecule has 0 aliphatic carbocycles. The molecule has 0 bridgehead atoms. The van der Waals surface area contributed by atoms with Crippen molar-refractivity contribution in [2.75, 3.05) is 36.9 Å². The summed E-state index contributed by atoms with van der Waals surface area (Å²) in [6.07, 6.45) is 4.04. The number of hydrogen-bond acceptors (Lipinski definition) is 6.